The zero-order valence-electron chi connectivity index (χ0n) is 21.4. The second-order valence-corrected chi connectivity index (χ2v) is 7.46. The molecule has 32 heavy (non-hydrogen) atoms. The molecule has 174 valence electrons. The first-order valence-electron chi connectivity index (χ1n) is 12.4. The molecule has 1 N–H and O–H groups in total. The highest BCUT2D eigenvalue weighted by molar-refractivity contribution is 6.01. The minimum absolute atomic E-state index is 0.0404. The zero-order chi connectivity index (χ0) is 25.7. The van der Waals surface area contributed by atoms with Gasteiger partial charge in [-0.3, -0.25) is 14.9 Å². The van der Waals surface area contributed by atoms with E-state index in [0.717, 1.165) is 19.3 Å². The molecule has 0 aliphatic carbocycles. The van der Waals surface area contributed by atoms with Crippen LogP contribution in [0.1, 0.15) is 61.5 Å². The molecule has 0 radical (unpaired) electrons. The van der Waals surface area contributed by atoms with Crippen LogP contribution in [0.2, 0.25) is 0 Å². The molecule has 0 fully saturated rings. The summed E-state index contributed by atoms with van der Waals surface area (Å²) in [7, 11) is 0. The fourth-order valence-electron chi connectivity index (χ4n) is 3.04. The van der Waals surface area contributed by atoms with Crippen molar-refractivity contribution in [1.82, 2.24) is 10.2 Å². The van der Waals surface area contributed by atoms with Gasteiger partial charge in [-0.2, -0.15) is 0 Å². The molecule has 0 aromatic heterocycles. The molecule has 1 aliphatic rings. The van der Waals surface area contributed by atoms with Crippen LogP contribution in [0.5, 0.6) is 0 Å². The Balaban J connectivity index is 2.25. The van der Waals surface area contributed by atoms with E-state index in [1.54, 1.807) is 24.3 Å². The van der Waals surface area contributed by atoms with Crippen LogP contribution in [0.25, 0.3) is 0 Å². The van der Waals surface area contributed by atoms with E-state index in [9.17, 15) is 14.4 Å². The number of aliphatic imine (C=N–C) groups is 1. The van der Waals surface area contributed by atoms with Crippen molar-refractivity contribution in [1.29, 1.82) is 0 Å². The number of cyclic esters (lactones) is 1. The van der Waals surface area contributed by atoms with Crippen LogP contribution >= 0.6 is 0 Å². The maximum Gasteiger partial charge on any atom is 0.437 e. The normalized spacial score (nSPS) is 22.2. The molecule has 8 heteroatoms. The number of hydrogen-bond acceptors (Lipinski definition) is 5. The van der Waals surface area contributed by atoms with Gasteiger partial charge in [0, 0.05) is 23.9 Å². The lowest BCUT2D eigenvalue weighted by molar-refractivity contribution is -0.149. The zero-order valence-corrected chi connectivity index (χ0v) is 18.4. The minimum atomic E-state index is -2.89. The Morgan fingerprint density at radius 1 is 1.28 bits per heavy atom. The molecule has 1 atom stereocenters. The quantitative estimate of drug-likeness (QED) is 0.404. The van der Waals surface area contributed by atoms with Crippen LogP contribution in [0, 0.1) is 0 Å². The SMILES string of the molecule is [2H]C([2H])([2H])N1CC(=O)OC(CCCCC)C/C=C/CCC(=O)NC1=NC(=O)OCc1ccccc1. The maximum atomic E-state index is 12.7. The Labute approximate surface area is 193 Å². The number of hydrogen-bond donors (Lipinski definition) is 1. The number of likely N-dealkylation sites (N-methyl/N-ethyl adjacent to an activating group) is 1. The van der Waals surface area contributed by atoms with E-state index < -0.39 is 43.6 Å². The Morgan fingerprint density at radius 3 is 2.84 bits per heavy atom. The molecule has 1 heterocycles. The summed E-state index contributed by atoms with van der Waals surface area (Å²) in [4.78, 5) is 41.8. The molecule has 2 rings (SSSR count). The van der Waals surface area contributed by atoms with Gasteiger partial charge >= 0.3 is 12.1 Å². The fraction of sp³-hybridized carbons (Fsp3) is 0.500. The second kappa shape index (κ2) is 14.0. The lowest BCUT2D eigenvalue weighted by Gasteiger charge is -2.22. The van der Waals surface area contributed by atoms with E-state index >= 15 is 0 Å². The highest BCUT2D eigenvalue weighted by Gasteiger charge is 2.20. The Morgan fingerprint density at radius 2 is 2.09 bits per heavy atom. The molecule has 8 nitrogen and oxygen atoms in total. The average molecular weight is 447 g/mol. The summed E-state index contributed by atoms with van der Waals surface area (Å²) in [6.45, 7) is -1.64. The number of amides is 2. The van der Waals surface area contributed by atoms with Crippen molar-refractivity contribution < 1.29 is 28.0 Å². The van der Waals surface area contributed by atoms with Crippen molar-refractivity contribution in [3.05, 3.63) is 48.0 Å². The van der Waals surface area contributed by atoms with Gasteiger partial charge in [0.25, 0.3) is 0 Å². The number of benzene rings is 1. The largest absolute Gasteiger partial charge is 0.461 e. The third-order valence-corrected chi connectivity index (χ3v) is 4.73. The smallest absolute Gasteiger partial charge is 0.437 e. The average Bonchev–Trinajstić information content (AvgIpc) is 2.81. The topological polar surface area (TPSA) is 97.3 Å². The first-order valence-corrected chi connectivity index (χ1v) is 10.9. The summed E-state index contributed by atoms with van der Waals surface area (Å²) in [6.07, 6.45) is 6.55. The molecule has 1 aliphatic heterocycles. The van der Waals surface area contributed by atoms with Crippen LogP contribution in [0.4, 0.5) is 4.79 Å². The highest BCUT2D eigenvalue weighted by Crippen LogP contribution is 2.13. The molecule has 0 saturated carbocycles. The van der Waals surface area contributed by atoms with E-state index in [0.29, 0.717) is 29.7 Å². The molecule has 1 aromatic carbocycles. The van der Waals surface area contributed by atoms with Gasteiger partial charge < -0.3 is 14.4 Å². The minimum Gasteiger partial charge on any atom is -0.461 e. The Bertz CT molecular complexity index is 903. The first-order chi connectivity index (χ1) is 16.7. The highest BCUT2D eigenvalue weighted by atomic mass is 16.5. The number of allylic oxidation sites excluding steroid dienone is 1. The molecule has 1 aromatic rings. The van der Waals surface area contributed by atoms with Crippen molar-refractivity contribution in [3.63, 3.8) is 0 Å². The maximum absolute atomic E-state index is 12.7. The Hall–Kier alpha value is -3.16. The lowest BCUT2D eigenvalue weighted by Crippen LogP contribution is -2.45. The molecular weight excluding hydrogens is 410 g/mol. The van der Waals surface area contributed by atoms with E-state index in [4.69, 9.17) is 13.6 Å². The number of guanidine groups is 1. The third kappa shape index (κ3) is 9.76. The summed E-state index contributed by atoms with van der Waals surface area (Å²) in [5, 5.41) is 2.35. The van der Waals surface area contributed by atoms with Crippen molar-refractivity contribution >= 4 is 23.9 Å². The number of nitrogens with one attached hydrogen (secondary N) is 1. The van der Waals surface area contributed by atoms with Crippen molar-refractivity contribution in [2.75, 3.05) is 13.5 Å². The van der Waals surface area contributed by atoms with Gasteiger partial charge in [-0.15, -0.1) is 4.99 Å². The third-order valence-electron chi connectivity index (χ3n) is 4.73. The van der Waals surface area contributed by atoms with E-state index in [1.165, 1.54) is 0 Å². The summed E-state index contributed by atoms with van der Waals surface area (Å²) >= 11 is 0. The predicted molar refractivity (Wildman–Crippen MR) is 122 cm³/mol. The summed E-state index contributed by atoms with van der Waals surface area (Å²) in [5.74, 6) is -1.93. The van der Waals surface area contributed by atoms with Crippen LogP contribution < -0.4 is 5.32 Å². The molecule has 1 unspecified atom stereocenters. The summed E-state index contributed by atoms with van der Waals surface area (Å²) < 4.78 is 34.3. The molecule has 0 saturated heterocycles. The first kappa shape index (κ1) is 20.7. The molecular formula is C24H33N3O5. The van der Waals surface area contributed by atoms with Gasteiger partial charge in [0.05, 0.1) is 0 Å². The van der Waals surface area contributed by atoms with Crippen molar-refractivity contribution in [3.8, 4) is 0 Å². The fourth-order valence-corrected chi connectivity index (χ4v) is 3.04. The van der Waals surface area contributed by atoms with Crippen molar-refractivity contribution in [2.45, 2.75) is 64.6 Å². The Kier molecular flexibility index (Phi) is 9.07. The van der Waals surface area contributed by atoms with Crippen LogP contribution in [0.3, 0.4) is 0 Å². The van der Waals surface area contributed by atoms with Crippen molar-refractivity contribution in [2.24, 2.45) is 4.99 Å². The molecule has 2 amide bonds. The van der Waals surface area contributed by atoms with Crippen LogP contribution in [0.15, 0.2) is 47.5 Å². The summed E-state index contributed by atoms with van der Waals surface area (Å²) in [6, 6.07) is 8.85. The summed E-state index contributed by atoms with van der Waals surface area (Å²) in [5.41, 5.74) is 0.706. The van der Waals surface area contributed by atoms with Gasteiger partial charge in [-0.25, -0.2) is 4.79 Å². The number of ether oxygens (including phenoxy) is 2. The van der Waals surface area contributed by atoms with Gasteiger partial charge in [-0.1, -0.05) is 62.2 Å². The predicted octanol–water partition coefficient (Wildman–Crippen LogP) is 3.96. The number of rotatable bonds is 6. The van der Waals surface area contributed by atoms with Gasteiger partial charge in [0.2, 0.25) is 11.9 Å². The standard InChI is InChI=1S/C24H33N3O5/c1-3-4-7-14-20-15-10-6-11-16-21(28)25-23(27(2)17-22(29)32-20)26-24(30)31-18-19-12-8-5-9-13-19/h5-6,8-10,12-13,20H,3-4,7,11,14-18H2,1-2H3,(H,25,26,28,30)/b10-6+/i2D3. The van der Waals surface area contributed by atoms with Gasteiger partial charge in [-0.05, 0) is 24.8 Å². The second-order valence-electron chi connectivity index (χ2n) is 7.46. The number of esters is 1. The number of unbranched alkanes of at least 4 members (excludes halogenated alkanes) is 2. The number of carbonyl (C=O) groups is 3. The van der Waals surface area contributed by atoms with E-state index in [1.807, 2.05) is 18.2 Å². The number of nitrogens with zero attached hydrogens (tertiary/aromatic N) is 2. The lowest BCUT2D eigenvalue weighted by atomic mass is 10.1. The number of carbonyl (C=O) groups excluding carboxylic acids is 3. The molecule has 0 spiro atoms. The van der Waals surface area contributed by atoms with E-state index in [2.05, 4.69) is 17.2 Å². The van der Waals surface area contributed by atoms with Crippen LogP contribution in [-0.4, -0.2) is 48.5 Å². The molecule has 0 bridgehead atoms. The van der Waals surface area contributed by atoms with Gasteiger partial charge in [0.1, 0.15) is 19.3 Å². The van der Waals surface area contributed by atoms with E-state index in [-0.39, 0.29) is 13.0 Å². The van der Waals surface area contributed by atoms with Gasteiger partial charge in [0.15, 0.2) is 0 Å². The van der Waals surface area contributed by atoms with Crippen LogP contribution in [-0.2, 0) is 25.7 Å². The monoisotopic (exact) mass is 446 g/mol.